The van der Waals surface area contributed by atoms with Gasteiger partial charge in [-0.3, -0.25) is 9.69 Å². The van der Waals surface area contributed by atoms with Crippen LogP contribution in [0, 0.1) is 0 Å². The number of Topliss-reactive ketones (excluding diaryl/α,β-unsaturated/α-hetero) is 1. The van der Waals surface area contributed by atoms with Crippen LogP contribution in [0.25, 0.3) is 0 Å². The summed E-state index contributed by atoms with van der Waals surface area (Å²) < 4.78 is 67.4. The maximum Gasteiger partial charge on any atom is 0.416 e. The van der Waals surface area contributed by atoms with Crippen LogP contribution < -0.4 is 4.90 Å². The van der Waals surface area contributed by atoms with Gasteiger partial charge in [-0.2, -0.15) is 21.6 Å². The molecule has 0 saturated carbocycles. The summed E-state index contributed by atoms with van der Waals surface area (Å²) in [7, 11) is -3.91. The number of nitrogens with zero attached hydrogens (tertiary/aromatic N) is 2. The number of alkyl halides is 3. The van der Waals surface area contributed by atoms with E-state index in [1.165, 1.54) is 6.07 Å². The van der Waals surface area contributed by atoms with E-state index in [1.54, 1.807) is 46.2 Å². The average Bonchev–Trinajstić information content (AvgIpc) is 2.71. The maximum absolute atomic E-state index is 13.0. The third kappa shape index (κ3) is 5.59. The molecule has 1 atom stereocenters. The Labute approximate surface area is 173 Å². The van der Waals surface area contributed by atoms with Crippen LogP contribution in [0.5, 0.6) is 0 Å². The molecule has 0 radical (unpaired) electrons. The lowest BCUT2D eigenvalue weighted by atomic mass is 10.1. The molecule has 1 aliphatic heterocycles. The number of halogens is 3. The van der Waals surface area contributed by atoms with Gasteiger partial charge in [-0.05, 0) is 18.2 Å². The zero-order valence-corrected chi connectivity index (χ0v) is 17.0. The molecule has 1 fully saturated rings. The summed E-state index contributed by atoms with van der Waals surface area (Å²) in [5, 5.41) is 0. The van der Waals surface area contributed by atoms with Crippen LogP contribution in [0.15, 0.2) is 54.6 Å². The molecular weight excluding hydrogens is 421 g/mol. The largest absolute Gasteiger partial charge is 0.416 e. The molecule has 3 rings (SSSR count). The molecule has 1 unspecified atom stereocenters. The van der Waals surface area contributed by atoms with E-state index in [0.717, 1.165) is 18.4 Å². The molecule has 10 heteroatoms. The van der Waals surface area contributed by atoms with Crippen molar-refractivity contribution >= 4 is 21.6 Å². The van der Waals surface area contributed by atoms with E-state index in [1.807, 2.05) is 0 Å². The van der Waals surface area contributed by atoms with Crippen LogP contribution in [0.3, 0.4) is 0 Å². The zero-order chi connectivity index (χ0) is 21.9. The van der Waals surface area contributed by atoms with Crippen molar-refractivity contribution in [2.45, 2.75) is 12.4 Å². The molecule has 0 N–H and O–H groups in total. The Balaban J connectivity index is 1.75. The second kappa shape index (κ2) is 8.75. The molecule has 1 aliphatic rings. The van der Waals surface area contributed by atoms with Crippen molar-refractivity contribution < 1.29 is 30.6 Å². The monoisotopic (exact) mass is 442 g/mol. The Hall–Kier alpha value is -2.43. The number of hydrogen-bond donors (Lipinski definition) is 0. The van der Waals surface area contributed by atoms with Crippen molar-refractivity contribution in [3.8, 4) is 0 Å². The maximum atomic E-state index is 13.0. The molecule has 1 saturated heterocycles. The van der Waals surface area contributed by atoms with Gasteiger partial charge in [0.15, 0.2) is 6.23 Å². The molecule has 0 amide bonds. The quantitative estimate of drug-likeness (QED) is 0.506. The number of anilines is 1. The molecule has 6 nitrogen and oxygen atoms in total. The van der Waals surface area contributed by atoms with Crippen molar-refractivity contribution in [2.24, 2.45) is 0 Å². The first-order valence-corrected chi connectivity index (χ1v) is 11.0. The van der Waals surface area contributed by atoms with Crippen LogP contribution in [-0.2, 0) is 20.5 Å². The summed E-state index contributed by atoms with van der Waals surface area (Å²) >= 11 is 0. The van der Waals surface area contributed by atoms with Crippen LogP contribution in [0.1, 0.15) is 15.9 Å². The van der Waals surface area contributed by atoms with E-state index in [2.05, 4.69) is 0 Å². The van der Waals surface area contributed by atoms with Gasteiger partial charge in [0, 0.05) is 37.4 Å². The molecule has 30 heavy (non-hydrogen) atoms. The molecule has 1 heterocycles. The number of piperazine rings is 1. The smallest absolute Gasteiger partial charge is 0.369 e. The minimum absolute atomic E-state index is 0.245. The Morgan fingerprint density at radius 1 is 1.00 bits per heavy atom. The van der Waals surface area contributed by atoms with Gasteiger partial charge in [-0.15, -0.1) is 0 Å². The highest BCUT2D eigenvalue weighted by molar-refractivity contribution is 7.86. The second-order valence-corrected chi connectivity index (χ2v) is 8.55. The van der Waals surface area contributed by atoms with E-state index >= 15 is 0 Å². The highest BCUT2D eigenvalue weighted by Crippen LogP contribution is 2.32. The van der Waals surface area contributed by atoms with Crippen molar-refractivity contribution in [1.82, 2.24) is 4.90 Å². The molecule has 2 aromatic carbocycles. The van der Waals surface area contributed by atoms with Gasteiger partial charge in [-0.25, -0.2) is 4.18 Å². The van der Waals surface area contributed by atoms with Gasteiger partial charge in [0.25, 0.3) is 10.1 Å². The predicted octanol–water partition coefficient (Wildman–Crippen LogP) is 3.01. The first-order valence-electron chi connectivity index (χ1n) is 9.18. The molecule has 162 valence electrons. The third-order valence-electron chi connectivity index (χ3n) is 4.73. The lowest BCUT2D eigenvalue weighted by Crippen LogP contribution is -2.54. The number of carbonyl (C=O) groups is 1. The third-order valence-corrected chi connectivity index (χ3v) is 5.26. The van der Waals surface area contributed by atoms with Crippen LogP contribution in [-0.4, -0.2) is 57.8 Å². The van der Waals surface area contributed by atoms with Gasteiger partial charge in [0.2, 0.25) is 5.78 Å². The molecule has 0 aromatic heterocycles. The summed E-state index contributed by atoms with van der Waals surface area (Å²) in [6.45, 7) is 1.12. The summed E-state index contributed by atoms with van der Waals surface area (Å²) in [5.74, 6) is -0.492. The van der Waals surface area contributed by atoms with E-state index in [-0.39, 0.29) is 13.1 Å². The Kier molecular flexibility index (Phi) is 6.49. The standard InChI is InChI=1S/C20H21F3N2O4S/c1-30(27,28)29-19(18(26)15-6-3-2-4-7-15)25-12-10-24(11-13-25)17-9-5-8-16(14-17)20(21,22)23/h2-9,14,19H,10-13H2,1H3. The Morgan fingerprint density at radius 3 is 2.20 bits per heavy atom. The van der Waals surface area contributed by atoms with Crippen LogP contribution in [0.4, 0.5) is 18.9 Å². The SMILES string of the molecule is CS(=O)(=O)OC(C(=O)c1ccccc1)N1CCN(c2cccc(C(F)(F)F)c2)CC1. The highest BCUT2D eigenvalue weighted by Gasteiger charge is 2.34. The van der Waals surface area contributed by atoms with E-state index in [0.29, 0.717) is 24.3 Å². The second-order valence-electron chi connectivity index (χ2n) is 6.95. The number of ketones is 1. The number of rotatable bonds is 6. The van der Waals surface area contributed by atoms with Crippen LogP contribution in [0.2, 0.25) is 0 Å². The topological polar surface area (TPSA) is 66.9 Å². The predicted molar refractivity (Wildman–Crippen MR) is 106 cm³/mol. The summed E-state index contributed by atoms with van der Waals surface area (Å²) in [5.41, 5.74) is -0.00845. The zero-order valence-electron chi connectivity index (χ0n) is 16.2. The van der Waals surface area contributed by atoms with Gasteiger partial charge >= 0.3 is 6.18 Å². The minimum atomic E-state index is -4.44. The first-order chi connectivity index (χ1) is 14.0. The normalized spacial score (nSPS) is 17.0. The van der Waals surface area contributed by atoms with Gasteiger partial charge in [0.1, 0.15) is 0 Å². The van der Waals surface area contributed by atoms with Crippen molar-refractivity contribution in [3.05, 3.63) is 65.7 Å². The highest BCUT2D eigenvalue weighted by atomic mass is 32.2. The molecule has 0 spiro atoms. The summed E-state index contributed by atoms with van der Waals surface area (Å²) in [6.07, 6.45) is -4.89. The fraction of sp³-hybridized carbons (Fsp3) is 0.350. The summed E-state index contributed by atoms with van der Waals surface area (Å²) in [4.78, 5) is 16.2. The molecule has 2 aromatic rings. The van der Waals surface area contributed by atoms with E-state index in [9.17, 15) is 26.4 Å². The van der Waals surface area contributed by atoms with Crippen molar-refractivity contribution in [2.75, 3.05) is 37.3 Å². The van der Waals surface area contributed by atoms with Gasteiger partial charge in [0.05, 0.1) is 11.8 Å². The minimum Gasteiger partial charge on any atom is -0.369 e. The molecule has 0 bridgehead atoms. The average molecular weight is 442 g/mol. The fourth-order valence-corrected chi connectivity index (χ4v) is 3.81. The van der Waals surface area contributed by atoms with Gasteiger partial charge < -0.3 is 4.90 Å². The van der Waals surface area contributed by atoms with Crippen molar-refractivity contribution in [1.29, 1.82) is 0 Å². The van der Waals surface area contributed by atoms with Crippen molar-refractivity contribution in [3.63, 3.8) is 0 Å². The fourth-order valence-electron chi connectivity index (χ4n) is 3.27. The number of hydrogen-bond acceptors (Lipinski definition) is 6. The molecule has 0 aliphatic carbocycles. The van der Waals surface area contributed by atoms with E-state index in [4.69, 9.17) is 4.18 Å². The lowest BCUT2D eigenvalue weighted by Gasteiger charge is -2.39. The van der Waals surface area contributed by atoms with Crippen LogP contribution >= 0.6 is 0 Å². The Morgan fingerprint density at radius 2 is 1.63 bits per heavy atom. The molecular formula is C20H21F3N2O4S. The number of benzene rings is 2. The van der Waals surface area contributed by atoms with Gasteiger partial charge in [-0.1, -0.05) is 36.4 Å². The summed E-state index contributed by atoms with van der Waals surface area (Å²) in [6, 6.07) is 13.2. The van der Waals surface area contributed by atoms with E-state index < -0.39 is 33.9 Å². The lowest BCUT2D eigenvalue weighted by molar-refractivity contribution is -0.137. The first kappa shape index (κ1) is 22.3. The Bertz CT molecular complexity index is 989. The number of carbonyl (C=O) groups excluding carboxylic acids is 1.